The maximum atomic E-state index is 4.03. The Morgan fingerprint density at radius 1 is 1.20 bits per heavy atom. The molecule has 0 bridgehead atoms. The Labute approximate surface area is 89.0 Å². The van der Waals surface area contributed by atoms with Gasteiger partial charge in [0.1, 0.15) is 6.33 Å². The van der Waals surface area contributed by atoms with Crippen LogP contribution < -0.4 is 5.32 Å². The SMILES string of the molecule is CC(C)n1cnnc1Nc1ccccc1. The second kappa shape index (κ2) is 4.13. The molecule has 0 spiro atoms. The second-order valence-corrected chi connectivity index (χ2v) is 3.65. The van der Waals surface area contributed by atoms with E-state index in [0.717, 1.165) is 11.6 Å². The van der Waals surface area contributed by atoms with E-state index in [-0.39, 0.29) is 0 Å². The van der Waals surface area contributed by atoms with Crippen molar-refractivity contribution in [1.29, 1.82) is 0 Å². The smallest absolute Gasteiger partial charge is 0.229 e. The molecule has 1 aromatic carbocycles. The van der Waals surface area contributed by atoms with Gasteiger partial charge in [-0.25, -0.2) is 0 Å². The van der Waals surface area contributed by atoms with Crippen LogP contribution in [0.3, 0.4) is 0 Å². The van der Waals surface area contributed by atoms with E-state index in [1.54, 1.807) is 6.33 Å². The van der Waals surface area contributed by atoms with Gasteiger partial charge in [0, 0.05) is 11.7 Å². The van der Waals surface area contributed by atoms with Gasteiger partial charge in [0.15, 0.2) is 0 Å². The van der Waals surface area contributed by atoms with E-state index < -0.39 is 0 Å². The van der Waals surface area contributed by atoms with Gasteiger partial charge in [0.25, 0.3) is 0 Å². The fraction of sp³-hybridized carbons (Fsp3) is 0.273. The summed E-state index contributed by atoms with van der Waals surface area (Å²) in [4.78, 5) is 0. The molecule has 0 amide bonds. The van der Waals surface area contributed by atoms with E-state index in [1.807, 2.05) is 34.9 Å². The third-order valence-corrected chi connectivity index (χ3v) is 2.16. The Kier molecular flexibility index (Phi) is 2.67. The van der Waals surface area contributed by atoms with Gasteiger partial charge < -0.3 is 5.32 Å². The molecule has 78 valence electrons. The number of hydrogen-bond acceptors (Lipinski definition) is 3. The Balaban J connectivity index is 2.21. The summed E-state index contributed by atoms with van der Waals surface area (Å²) < 4.78 is 1.99. The Bertz CT molecular complexity index is 419. The van der Waals surface area contributed by atoms with Gasteiger partial charge in [-0.1, -0.05) is 18.2 Å². The zero-order valence-electron chi connectivity index (χ0n) is 8.88. The molecule has 0 saturated heterocycles. The first-order valence-corrected chi connectivity index (χ1v) is 4.99. The molecule has 1 heterocycles. The highest BCUT2D eigenvalue weighted by Crippen LogP contribution is 2.16. The fourth-order valence-corrected chi connectivity index (χ4v) is 1.36. The molecule has 0 saturated carbocycles. The van der Waals surface area contributed by atoms with Crippen molar-refractivity contribution < 1.29 is 0 Å². The number of nitrogens with one attached hydrogen (secondary N) is 1. The summed E-state index contributed by atoms with van der Waals surface area (Å²) in [6.07, 6.45) is 1.73. The van der Waals surface area contributed by atoms with Crippen LogP contribution in [0.25, 0.3) is 0 Å². The van der Waals surface area contributed by atoms with Crippen LogP contribution in [-0.4, -0.2) is 14.8 Å². The quantitative estimate of drug-likeness (QED) is 0.831. The highest BCUT2D eigenvalue weighted by atomic mass is 15.3. The monoisotopic (exact) mass is 202 g/mol. The van der Waals surface area contributed by atoms with Crippen molar-refractivity contribution in [3.8, 4) is 0 Å². The number of aromatic nitrogens is 3. The predicted molar refractivity (Wildman–Crippen MR) is 60.1 cm³/mol. The van der Waals surface area contributed by atoms with E-state index >= 15 is 0 Å². The molecular weight excluding hydrogens is 188 g/mol. The third kappa shape index (κ3) is 2.15. The number of anilines is 2. The van der Waals surface area contributed by atoms with Gasteiger partial charge in [0.2, 0.25) is 5.95 Å². The molecule has 2 aromatic rings. The Morgan fingerprint density at radius 3 is 2.60 bits per heavy atom. The zero-order valence-corrected chi connectivity index (χ0v) is 8.88. The Hall–Kier alpha value is -1.84. The first kappa shape index (κ1) is 9.71. The first-order valence-electron chi connectivity index (χ1n) is 4.99. The van der Waals surface area contributed by atoms with E-state index in [1.165, 1.54) is 0 Å². The number of hydrogen-bond donors (Lipinski definition) is 1. The van der Waals surface area contributed by atoms with Gasteiger partial charge >= 0.3 is 0 Å². The van der Waals surface area contributed by atoms with Crippen LogP contribution in [0.1, 0.15) is 19.9 Å². The van der Waals surface area contributed by atoms with E-state index in [0.29, 0.717) is 6.04 Å². The minimum absolute atomic E-state index is 0.353. The van der Waals surface area contributed by atoms with Crippen molar-refractivity contribution in [1.82, 2.24) is 14.8 Å². The molecule has 2 rings (SSSR count). The molecule has 4 heteroatoms. The number of rotatable bonds is 3. The van der Waals surface area contributed by atoms with Crippen LogP contribution >= 0.6 is 0 Å². The van der Waals surface area contributed by atoms with Gasteiger partial charge in [-0.15, -0.1) is 10.2 Å². The lowest BCUT2D eigenvalue weighted by atomic mass is 10.3. The molecule has 0 atom stereocenters. The van der Waals surface area contributed by atoms with Crippen LogP contribution in [0.5, 0.6) is 0 Å². The summed E-state index contributed by atoms with van der Waals surface area (Å²) in [5.74, 6) is 0.774. The van der Waals surface area contributed by atoms with Crippen LogP contribution in [-0.2, 0) is 0 Å². The largest absolute Gasteiger partial charge is 0.324 e. The maximum absolute atomic E-state index is 4.03. The Morgan fingerprint density at radius 2 is 1.93 bits per heavy atom. The molecule has 1 N–H and O–H groups in total. The molecule has 0 radical (unpaired) electrons. The summed E-state index contributed by atoms with van der Waals surface area (Å²) in [7, 11) is 0. The van der Waals surface area contributed by atoms with Gasteiger partial charge in [0.05, 0.1) is 0 Å². The van der Waals surface area contributed by atoms with Crippen LogP contribution in [0.2, 0.25) is 0 Å². The summed E-state index contributed by atoms with van der Waals surface area (Å²) in [6.45, 7) is 4.19. The maximum Gasteiger partial charge on any atom is 0.229 e. The van der Waals surface area contributed by atoms with Gasteiger partial charge in [-0.05, 0) is 26.0 Å². The lowest BCUT2D eigenvalue weighted by Gasteiger charge is -2.11. The summed E-state index contributed by atoms with van der Waals surface area (Å²) in [5, 5.41) is 11.1. The van der Waals surface area contributed by atoms with Gasteiger partial charge in [-0.2, -0.15) is 0 Å². The molecule has 0 unspecified atom stereocenters. The van der Waals surface area contributed by atoms with Crippen molar-refractivity contribution in [2.24, 2.45) is 0 Å². The summed E-state index contributed by atoms with van der Waals surface area (Å²) >= 11 is 0. The average molecular weight is 202 g/mol. The minimum atomic E-state index is 0.353. The zero-order chi connectivity index (χ0) is 10.7. The third-order valence-electron chi connectivity index (χ3n) is 2.16. The molecule has 15 heavy (non-hydrogen) atoms. The van der Waals surface area contributed by atoms with Crippen LogP contribution in [0, 0.1) is 0 Å². The normalized spacial score (nSPS) is 10.6. The molecule has 0 aliphatic heterocycles. The number of para-hydroxylation sites is 1. The highest BCUT2D eigenvalue weighted by Gasteiger charge is 2.06. The molecule has 0 fully saturated rings. The van der Waals surface area contributed by atoms with E-state index in [2.05, 4.69) is 29.4 Å². The molecular formula is C11H14N4. The standard InChI is InChI=1S/C11H14N4/c1-9(2)15-8-12-14-11(15)13-10-6-4-3-5-7-10/h3-9H,1-2H3,(H,13,14). The van der Waals surface area contributed by atoms with Crippen LogP contribution in [0.4, 0.5) is 11.6 Å². The van der Waals surface area contributed by atoms with Crippen molar-refractivity contribution in [2.75, 3.05) is 5.32 Å². The molecule has 0 aliphatic rings. The summed E-state index contributed by atoms with van der Waals surface area (Å²) in [6, 6.07) is 10.3. The number of nitrogens with zero attached hydrogens (tertiary/aromatic N) is 3. The topological polar surface area (TPSA) is 42.7 Å². The van der Waals surface area contributed by atoms with Crippen LogP contribution in [0.15, 0.2) is 36.7 Å². The van der Waals surface area contributed by atoms with Crippen molar-refractivity contribution >= 4 is 11.6 Å². The van der Waals surface area contributed by atoms with Crippen molar-refractivity contribution in [3.05, 3.63) is 36.7 Å². The number of benzene rings is 1. The molecule has 0 aliphatic carbocycles. The molecule has 4 nitrogen and oxygen atoms in total. The molecule has 1 aromatic heterocycles. The summed E-state index contributed by atoms with van der Waals surface area (Å²) in [5.41, 5.74) is 1.02. The average Bonchev–Trinajstić information content (AvgIpc) is 2.67. The first-order chi connectivity index (χ1) is 7.27. The van der Waals surface area contributed by atoms with Crippen molar-refractivity contribution in [3.63, 3.8) is 0 Å². The minimum Gasteiger partial charge on any atom is -0.324 e. The van der Waals surface area contributed by atoms with Gasteiger partial charge in [-0.3, -0.25) is 4.57 Å². The second-order valence-electron chi connectivity index (χ2n) is 3.65. The lowest BCUT2D eigenvalue weighted by molar-refractivity contribution is 0.605. The fourth-order valence-electron chi connectivity index (χ4n) is 1.36. The van der Waals surface area contributed by atoms with E-state index in [9.17, 15) is 0 Å². The van der Waals surface area contributed by atoms with Crippen molar-refractivity contribution in [2.45, 2.75) is 19.9 Å². The lowest BCUT2D eigenvalue weighted by Crippen LogP contribution is -2.04. The van der Waals surface area contributed by atoms with E-state index in [4.69, 9.17) is 0 Å². The predicted octanol–water partition coefficient (Wildman–Crippen LogP) is 2.60. The highest BCUT2D eigenvalue weighted by molar-refractivity contribution is 5.52.